The highest BCUT2D eigenvalue weighted by atomic mass is 35.5. The molecule has 3 aromatic rings. The first-order valence-corrected chi connectivity index (χ1v) is 12.3. The fraction of sp³-hybridized carbons (Fsp3) is 0.400. The Kier molecular flexibility index (Phi) is 7.43. The van der Waals surface area contributed by atoms with Gasteiger partial charge >= 0.3 is 0 Å². The normalized spacial score (nSPS) is 16.1. The largest absolute Gasteiger partial charge is 0.497 e. The number of piperazine rings is 1. The topological polar surface area (TPSA) is 88.1 Å². The van der Waals surface area contributed by atoms with E-state index in [-0.39, 0.29) is 0 Å². The maximum atomic E-state index is 6.32. The average molecular weight is 512 g/mol. The minimum absolute atomic E-state index is 0.473. The van der Waals surface area contributed by atoms with Crippen LogP contribution in [-0.2, 0) is 4.74 Å². The van der Waals surface area contributed by atoms with Gasteiger partial charge in [-0.05, 0) is 42.5 Å². The van der Waals surface area contributed by atoms with Gasteiger partial charge in [0.15, 0.2) is 0 Å². The lowest BCUT2D eigenvalue weighted by atomic mass is 10.2. The van der Waals surface area contributed by atoms with Crippen LogP contribution in [0.2, 0.25) is 5.02 Å². The molecule has 1 aromatic heterocycles. The maximum Gasteiger partial charge on any atom is 0.233 e. The fourth-order valence-electron chi connectivity index (χ4n) is 4.29. The molecule has 11 heteroatoms. The van der Waals surface area contributed by atoms with E-state index in [2.05, 4.69) is 32.1 Å². The van der Waals surface area contributed by atoms with Gasteiger partial charge in [0.25, 0.3) is 0 Å². The van der Waals surface area contributed by atoms with Gasteiger partial charge in [-0.25, -0.2) is 0 Å². The van der Waals surface area contributed by atoms with Crippen molar-refractivity contribution in [2.24, 2.45) is 0 Å². The van der Waals surface area contributed by atoms with Crippen molar-refractivity contribution in [3.05, 3.63) is 47.5 Å². The van der Waals surface area contributed by atoms with E-state index in [1.807, 2.05) is 24.3 Å². The van der Waals surface area contributed by atoms with Crippen LogP contribution in [0, 0.1) is 0 Å². The van der Waals surface area contributed by atoms with E-state index < -0.39 is 0 Å². The third-order valence-electron chi connectivity index (χ3n) is 6.31. The van der Waals surface area contributed by atoms with Crippen LogP contribution in [0.4, 0.5) is 29.2 Å². The van der Waals surface area contributed by atoms with Gasteiger partial charge in [0.05, 0.1) is 32.5 Å². The van der Waals surface area contributed by atoms with Gasteiger partial charge in [-0.2, -0.15) is 15.0 Å². The van der Waals surface area contributed by atoms with Crippen molar-refractivity contribution in [2.75, 3.05) is 86.7 Å². The number of methoxy groups -OCH3 is 2. The Hall–Kier alpha value is -3.50. The van der Waals surface area contributed by atoms with E-state index in [1.165, 1.54) is 5.69 Å². The second-order valence-electron chi connectivity index (χ2n) is 8.50. The Bertz CT molecular complexity index is 1170. The summed E-state index contributed by atoms with van der Waals surface area (Å²) in [7, 11) is 3.27. The third kappa shape index (κ3) is 5.50. The van der Waals surface area contributed by atoms with E-state index in [1.54, 1.807) is 20.3 Å². The summed E-state index contributed by atoms with van der Waals surface area (Å²) >= 11 is 6.32. The SMILES string of the molecule is COc1ccc(N2CCN(c3nc(Nc4ccc(OC)c(Cl)c4)nc(N4CCOCC4)n3)CC2)cc1. The van der Waals surface area contributed by atoms with Crippen LogP contribution >= 0.6 is 11.6 Å². The van der Waals surface area contributed by atoms with Crippen molar-refractivity contribution >= 4 is 40.8 Å². The van der Waals surface area contributed by atoms with Crippen molar-refractivity contribution < 1.29 is 14.2 Å². The fourth-order valence-corrected chi connectivity index (χ4v) is 4.54. The predicted octanol–water partition coefficient (Wildman–Crippen LogP) is 3.45. The van der Waals surface area contributed by atoms with Crippen LogP contribution in [-0.4, -0.2) is 81.7 Å². The number of anilines is 5. The summed E-state index contributed by atoms with van der Waals surface area (Å²) in [6.07, 6.45) is 0. The van der Waals surface area contributed by atoms with Crippen LogP contribution in [0.3, 0.4) is 0 Å². The van der Waals surface area contributed by atoms with Gasteiger partial charge in [-0.1, -0.05) is 11.6 Å². The molecule has 5 rings (SSSR count). The number of ether oxygens (including phenoxy) is 3. The van der Waals surface area contributed by atoms with E-state index in [0.717, 1.165) is 50.7 Å². The summed E-state index contributed by atoms with van der Waals surface area (Å²) in [5.74, 6) is 3.24. The third-order valence-corrected chi connectivity index (χ3v) is 6.61. The summed E-state index contributed by atoms with van der Waals surface area (Å²) in [6.45, 7) is 6.10. The van der Waals surface area contributed by atoms with Crippen LogP contribution in [0.5, 0.6) is 11.5 Å². The molecule has 1 N–H and O–H groups in total. The summed E-state index contributed by atoms with van der Waals surface area (Å²) in [5, 5.41) is 3.81. The second kappa shape index (κ2) is 11.0. The molecule has 190 valence electrons. The van der Waals surface area contributed by atoms with Crippen LogP contribution in [0.1, 0.15) is 0 Å². The molecule has 0 unspecified atom stereocenters. The molecular weight excluding hydrogens is 482 g/mol. The zero-order chi connectivity index (χ0) is 24.9. The number of halogens is 1. The number of benzene rings is 2. The highest BCUT2D eigenvalue weighted by molar-refractivity contribution is 6.32. The lowest BCUT2D eigenvalue weighted by molar-refractivity contribution is 0.122. The minimum Gasteiger partial charge on any atom is -0.497 e. The number of aromatic nitrogens is 3. The molecule has 0 bridgehead atoms. The Morgan fingerprint density at radius 2 is 1.42 bits per heavy atom. The molecule has 0 radical (unpaired) electrons. The monoisotopic (exact) mass is 511 g/mol. The molecule has 0 atom stereocenters. The molecule has 2 aliphatic rings. The molecule has 2 aromatic carbocycles. The summed E-state index contributed by atoms with van der Waals surface area (Å²) in [4.78, 5) is 21.0. The van der Waals surface area contributed by atoms with Gasteiger partial charge in [0, 0.05) is 50.6 Å². The average Bonchev–Trinajstić information content (AvgIpc) is 2.94. The smallest absolute Gasteiger partial charge is 0.233 e. The van der Waals surface area contributed by atoms with Crippen molar-refractivity contribution in [3.8, 4) is 11.5 Å². The molecule has 0 spiro atoms. The molecule has 10 nitrogen and oxygen atoms in total. The van der Waals surface area contributed by atoms with Crippen molar-refractivity contribution in [1.82, 2.24) is 15.0 Å². The lowest BCUT2D eigenvalue weighted by Crippen LogP contribution is -2.47. The van der Waals surface area contributed by atoms with Crippen LogP contribution in [0.15, 0.2) is 42.5 Å². The van der Waals surface area contributed by atoms with Crippen molar-refractivity contribution in [1.29, 1.82) is 0 Å². The Labute approximate surface area is 215 Å². The standard InChI is InChI=1S/C25H30ClN7O3/c1-34-20-6-4-19(5-7-20)31-9-11-32(12-10-31)24-28-23(27-18-3-8-22(35-2)21(26)17-18)29-25(30-24)33-13-15-36-16-14-33/h3-8,17H,9-16H2,1-2H3,(H,27,28,29,30). The lowest BCUT2D eigenvalue weighted by Gasteiger charge is -2.36. The van der Waals surface area contributed by atoms with Crippen LogP contribution in [0.25, 0.3) is 0 Å². The van der Waals surface area contributed by atoms with E-state index >= 15 is 0 Å². The van der Waals surface area contributed by atoms with Gasteiger partial charge < -0.3 is 34.2 Å². The Morgan fingerprint density at radius 3 is 2.03 bits per heavy atom. The molecule has 2 fully saturated rings. The minimum atomic E-state index is 0.473. The molecule has 36 heavy (non-hydrogen) atoms. The molecular formula is C25H30ClN7O3. The van der Waals surface area contributed by atoms with Crippen LogP contribution < -0.4 is 29.5 Å². The number of morpholine rings is 1. The molecule has 3 heterocycles. The Morgan fingerprint density at radius 1 is 0.778 bits per heavy atom. The molecule has 0 amide bonds. The summed E-state index contributed by atoms with van der Waals surface area (Å²) in [5.41, 5.74) is 1.95. The number of hydrogen-bond acceptors (Lipinski definition) is 10. The second-order valence-corrected chi connectivity index (χ2v) is 8.91. The number of hydrogen-bond donors (Lipinski definition) is 1. The van der Waals surface area contributed by atoms with Crippen molar-refractivity contribution in [3.63, 3.8) is 0 Å². The molecule has 2 aliphatic heterocycles. The van der Waals surface area contributed by atoms with E-state index in [4.69, 9.17) is 40.8 Å². The van der Waals surface area contributed by atoms with E-state index in [9.17, 15) is 0 Å². The first-order valence-electron chi connectivity index (χ1n) is 12.0. The number of nitrogens with one attached hydrogen (secondary N) is 1. The zero-order valence-corrected chi connectivity index (χ0v) is 21.2. The molecule has 0 saturated carbocycles. The number of nitrogens with zero attached hydrogens (tertiary/aromatic N) is 6. The highest BCUT2D eigenvalue weighted by Crippen LogP contribution is 2.29. The quantitative estimate of drug-likeness (QED) is 0.508. The van der Waals surface area contributed by atoms with Crippen molar-refractivity contribution in [2.45, 2.75) is 0 Å². The number of rotatable bonds is 7. The molecule has 2 saturated heterocycles. The summed E-state index contributed by atoms with van der Waals surface area (Å²) < 4.78 is 16.1. The first-order chi connectivity index (χ1) is 17.6. The zero-order valence-electron chi connectivity index (χ0n) is 20.5. The van der Waals surface area contributed by atoms with E-state index in [0.29, 0.717) is 41.8 Å². The first kappa shape index (κ1) is 24.2. The van der Waals surface area contributed by atoms with Gasteiger partial charge in [-0.15, -0.1) is 0 Å². The predicted molar refractivity (Wildman–Crippen MR) is 142 cm³/mol. The van der Waals surface area contributed by atoms with Gasteiger partial charge in [0.2, 0.25) is 17.8 Å². The molecule has 0 aliphatic carbocycles. The highest BCUT2D eigenvalue weighted by Gasteiger charge is 2.23. The van der Waals surface area contributed by atoms with Gasteiger partial charge in [0.1, 0.15) is 11.5 Å². The summed E-state index contributed by atoms with van der Waals surface area (Å²) in [6, 6.07) is 13.7. The van der Waals surface area contributed by atoms with Gasteiger partial charge in [-0.3, -0.25) is 0 Å². The maximum absolute atomic E-state index is 6.32. The Balaban J connectivity index is 1.35.